The molecule has 0 aliphatic heterocycles. The van der Waals surface area contributed by atoms with Gasteiger partial charge in [0.2, 0.25) is 0 Å². The Bertz CT molecular complexity index is 558. The fraction of sp³-hybridized carbons (Fsp3) is 0.375. The Labute approximate surface area is 125 Å². The molecule has 0 amide bonds. The molecule has 2 aromatic rings. The zero-order chi connectivity index (χ0) is 14.5. The van der Waals surface area contributed by atoms with Gasteiger partial charge in [0.1, 0.15) is 11.3 Å². The predicted octanol–water partition coefficient (Wildman–Crippen LogP) is 4.38. The fourth-order valence-electron chi connectivity index (χ4n) is 1.98. The number of ether oxygens (including phenoxy) is 1. The summed E-state index contributed by atoms with van der Waals surface area (Å²) < 4.78 is 5.82. The molecule has 0 saturated carbocycles. The van der Waals surface area contributed by atoms with Crippen LogP contribution < -0.4 is 0 Å². The maximum absolute atomic E-state index is 6.12. The number of hydrogen-bond donors (Lipinski definition) is 0. The van der Waals surface area contributed by atoms with E-state index in [2.05, 4.69) is 23.8 Å². The lowest BCUT2D eigenvalue weighted by Gasteiger charge is -2.17. The first-order valence-electron chi connectivity index (χ1n) is 6.82. The molecule has 0 fully saturated rings. The first kappa shape index (κ1) is 14.9. The normalized spacial score (nSPS) is 12.7. The minimum Gasteiger partial charge on any atom is -0.366 e. The summed E-state index contributed by atoms with van der Waals surface area (Å²) in [6, 6.07) is 11.8. The topological polar surface area (TPSA) is 35.0 Å². The lowest BCUT2D eigenvalue weighted by atomic mass is 10.1. The van der Waals surface area contributed by atoms with E-state index in [1.54, 1.807) is 0 Å². The highest BCUT2D eigenvalue weighted by molar-refractivity contribution is 6.29. The van der Waals surface area contributed by atoms with Crippen molar-refractivity contribution >= 4 is 11.6 Å². The zero-order valence-electron chi connectivity index (χ0n) is 12.0. The Morgan fingerprint density at radius 3 is 2.45 bits per heavy atom. The Hall–Kier alpha value is -1.45. The van der Waals surface area contributed by atoms with Crippen molar-refractivity contribution in [1.82, 2.24) is 9.97 Å². The minimum absolute atomic E-state index is 0.280. The van der Waals surface area contributed by atoms with Crippen LogP contribution in [0.5, 0.6) is 0 Å². The van der Waals surface area contributed by atoms with Crippen molar-refractivity contribution in [1.29, 1.82) is 0 Å². The van der Waals surface area contributed by atoms with Gasteiger partial charge < -0.3 is 4.74 Å². The third kappa shape index (κ3) is 3.56. The van der Waals surface area contributed by atoms with E-state index in [0.717, 1.165) is 11.3 Å². The van der Waals surface area contributed by atoms with Crippen LogP contribution in [0, 0.1) is 0 Å². The van der Waals surface area contributed by atoms with Crippen molar-refractivity contribution in [2.24, 2.45) is 0 Å². The Morgan fingerprint density at radius 1 is 1.15 bits per heavy atom. The molecule has 20 heavy (non-hydrogen) atoms. The summed E-state index contributed by atoms with van der Waals surface area (Å²) in [5.74, 6) is 0.918. The monoisotopic (exact) mass is 290 g/mol. The molecular formula is C16H19ClN2O. The molecule has 1 aromatic carbocycles. The highest BCUT2D eigenvalue weighted by atomic mass is 35.5. The summed E-state index contributed by atoms with van der Waals surface area (Å²) in [6.45, 7) is 6.72. The fourth-order valence-corrected chi connectivity index (χ4v) is 2.18. The smallest absolute Gasteiger partial charge is 0.163 e. The van der Waals surface area contributed by atoms with E-state index in [9.17, 15) is 0 Å². The summed E-state index contributed by atoms with van der Waals surface area (Å²) in [5, 5.41) is 0.458. The summed E-state index contributed by atoms with van der Waals surface area (Å²) >= 11 is 6.12. The van der Waals surface area contributed by atoms with Gasteiger partial charge in [-0.15, -0.1) is 0 Å². The van der Waals surface area contributed by atoms with Gasteiger partial charge in [0, 0.05) is 12.3 Å². The van der Waals surface area contributed by atoms with Crippen LogP contribution in [-0.4, -0.2) is 16.6 Å². The second-order valence-electron chi connectivity index (χ2n) is 4.87. The van der Waals surface area contributed by atoms with Gasteiger partial charge in [-0.05, 0) is 24.5 Å². The lowest BCUT2D eigenvalue weighted by molar-refractivity contribution is 0.0849. The quantitative estimate of drug-likeness (QED) is 0.767. The molecule has 2 rings (SSSR count). The Morgan fingerprint density at radius 2 is 1.85 bits per heavy atom. The van der Waals surface area contributed by atoms with Crippen LogP contribution in [-0.2, 0) is 4.74 Å². The number of hydrogen-bond acceptors (Lipinski definition) is 3. The zero-order valence-corrected chi connectivity index (χ0v) is 12.8. The molecule has 1 heterocycles. The molecule has 0 spiro atoms. The van der Waals surface area contributed by atoms with Crippen molar-refractivity contribution in [3.63, 3.8) is 0 Å². The van der Waals surface area contributed by atoms with Gasteiger partial charge in [-0.1, -0.05) is 55.8 Å². The number of aromatic nitrogens is 2. The molecular weight excluding hydrogens is 272 g/mol. The molecule has 0 radical (unpaired) electrons. The molecule has 0 bridgehead atoms. The Balaban J connectivity index is 2.44. The van der Waals surface area contributed by atoms with Gasteiger partial charge in [0.25, 0.3) is 0 Å². The first-order chi connectivity index (χ1) is 9.61. The van der Waals surface area contributed by atoms with E-state index >= 15 is 0 Å². The van der Waals surface area contributed by atoms with Crippen LogP contribution in [0.25, 0.3) is 0 Å². The largest absolute Gasteiger partial charge is 0.366 e. The average Bonchev–Trinajstić information content (AvgIpc) is 2.45. The Kier molecular flexibility index (Phi) is 5.10. The third-order valence-corrected chi connectivity index (χ3v) is 3.19. The molecule has 3 nitrogen and oxygen atoms in total. The van der Waals surface area contributed by atoms with Crippen molar-refractivity contribution in [2.75, 3.05) is 6.61 Å². The van der Waals surface area contributed by atoms with Crippen molar-refractivity contribution in [3.8, 4) is 0 Å². The number of rotatable bonds is 5. The van der Waals surface area contributed by atoms with E-state index < -0.39 is 0 Å². The highest BCUT2D eigenvalue weighted by Gasteiger charge is 2.19. The van der Waals surface area contributed by atoms with Gasteiger partial charge in [-0.25, -0.2) is 9.97 Å². The molecule has 0 aliphatic rings. The molecule has 0 saturated heterocycles. The minimum atomic E-state index is -0.280. The molecule has 0 N–H and O–H groups in total. The summed E-state index contributed by atoms with van der Waals surface area (Å²) in [5.41, 5.74) is 1.96. The van der Waals surface area contributed by atoms with Crippen LogP contribution >= 0.6 is 11.6 Å². The number of nitrogens with zero attached hydrogens (tertiary/aromatic N) is 2. The second-order valence-corrected chi connectivity index (χ2v) is 5.26. The maximum atomic E-state index is 6.12. The number of halogens is 1. The molecule has 1 aromatic heterocycles. The van der Waals surface area contributed by atoms with Gasteiger partial charge >= 0.3 is 0 Å². The van der Waals surface area contributed by atoms with Gasteiger partial charge in [0.15, 0.2) is 5.82 Å². The lowest BCUT2D eigenvalue weighted by Crippen LogP contribution is -2.12. The predicted molar refractivity (Wildman–Crippen MR) is 81.0 cm³/mol. The SMILES string of the molecule is CCOC(c1ccccc1)c1nc(Cl)cc(C(C)C)n1. The number of benzene rings is 1. The molecule has 1 unspecified atom stereocenters. The van der Waals surface area contributed by atoms with Crippen molar-refractivity contribution in [2.45, 2.75) is 32.8 Å². The van der Waals surface area contributed by atoms with Crippen molar-refractivity contribution < 1.29 is 4.74 Å². The first-order valence-corrected chi connectivity index (χ1v) is 7.20. The highest BCUT2D eigenvalue weighted by Crippen LogP contribution is 2.26. The van der Waals surface area contributed by atoms with E-state index in [1.807, 2.05) is 43.3 Å². The van der Waals surface area contributed by atoms with Crippen molar-refractivity contribution in [3.05, 3.63) is 58.6 Å². The van der Waals surface area contributed by atoms with Gasteiger partial charge in [-0.3, -0.25) is 0 Å². The van der Waals surface area contributed by atoms with Crippen LogP contribution in [0.2, 0.25) is 5.15 Å². The van der Waals surface area contributed by atoms with E-state index in [0.29, 0.717) is 23.5 Å². The average molecular weight is 291 g/mol. The van der Waals surface area contributed by atoms with Crippen LogP contribution in [0.1, 0.15) is 49.9 Å². The standard InChI is InChI=1S/C16H19ClN2O/c1-4-20-15(12-8-6-5-7-9-12)16-18-13(11(2)3)10-14(17)19-16/h5-11,15H,4H2,1-3H3. The molecule has 0 aliphatic carbocycles. The maximum Gasteiger partial charge on any atom is 0.163 e. The summed E-state index contributed by atoms with van der Waals surface area (Å²) in [7, 11) is 0. The molecule has 4 heteroatoms. The third-order valence-electron chi connectivity index (χ3n) is 2.99. The van der Waals surface area contributed by atoms with Gasteiger partial charge in [0.05, 0.1) is 0 Å². The van der Waals surface area contributed by atoms with E-state index in [1.165, 1.54) is 0 Å². The van der Waals surface area contributed by atoms with Crippen LogP contribution in [0.4, 0.5) is 0 Å². The summed E-state index contributed by atoms with van der Waals surface area (Å²) in [6.07, 6.45) is -0.280. The van der Waals surface area contributed by atoms with Gasteiger partial charge in [-0.2, -0.15) is 0 Å². The van der Waals surface area contributed by atoms with Crippen LogP contribution in [0.15, 0.2) is 36.4 Å². The second kappa shape index (κ2) is 6.82. The van der Waals surface area contributed by atoms with Crippen LogP contribution in [0.3, 0.4) is 0 Å². The van der Waals surface area contributed by atoms with E-state index in [-0.39, 0.29) is 6.10 Å². The molecule has 106 valence electrons. The molecule has 1 atom stereocenters. The van der Waals surface area contributed by atoms with E-state index in [4.69, 9.17) is 16.3 Å². The summed E-state index contributed by atoms with van der Waals surface area (Å²) in [4.78, 5) is 8.95.